The number of rotatable bonds is 2. The van der Waals surface area contributed by atoms with Gasteiger partial charge in [-0.1, -0.05) is 71.6 Å². The van der Waals surface area contributed by atoms with Crippen LogP contribution in [0.15, 0.2) is 109 Å². The molecule has 0 nitrogen and oxygen atoms in total. The van der Waals surface area contributed by atoms with Crippen molar-refractivity contribution in [3.05, 3.63) is 176 Å². The van der Waals surface area contributed by atoms with Crippen molar-refractivity contribution in [3.63, 3.8) is 0 Å². The SMILES string of the molecule is Cc1[c-]c2c(cc1C(C)(C)C)-c1cc(C(C)(C)C)c(C)cc1C2.Cl.Cl.Clc1cccc2c([C](=[Zr+2])c3cccc4c(Cl)cccc34)cccc12.[C-]1=CC=CC1. The maximum atomic E-state index is 6.38. The number of halogens is 4. The number of fused-ring (bicyclic) bond motifs is 5. The molecule has 0 amide bonds. The van der Waals surface area contributed by atoms with Crippen LogP contribution in [0.25, 0.3) is 32.7 Å². The van der Waals surface area contributed by atoms with Crippen molar-refractivity contribution in [3.8, 4) is 11.1 Å². The van der Waals surface area contributed by atoms with E-state index in [2.05, 4.69) is 140 Å². The number of aryl methyl sites for hydroxylation is 2. The van der Waals surface area contributed by atoms with Gasteiger partial charge < -0.3 is 0 Å². The summed E-state index contributed by atoms with van der Waals surface area (Å²) in [6.45, 7) is 18.2. The average molecular weight is 870 g/mol. The summed E-state index contributed by atoms with van der Waals surface area (Å²) in [5.41, 5.74) is 14.1. The summed E-state index contributed by atoms with van der Waals surface area (Å²) in [5, 5.41) is 6.15. The minimum absolute atomic E-state index is 0. The van der Waals surface area contributed by atoms with Gasteiger partial charge >= 0.3 is 166 Å². The van der Waals surface area contributed by atoms with Crippen molar-refractivity contribution in [2.75, 3.05) is 0 Å². The quantitative estimate of drug-likeness (QED) is 0.152. The summed E-state index contributed by atoms with van der Waals surface area (Å²) in [5.74, 6) is 0. The van der Waals surface area contributed by atoms with Crippen LogP contribution in [0.3, 0.4) is 0 Å². The maximum Gasteiger partial charge on any atom is -0.109 e. The number of hydrogen-bond acceptors (Lipinski definition) is 0. The van der Waals surface area contributed by atoms with Crippen LogP contribution >= 0.6 is 48.0 Å². The van der Waals surface area contributed by atoms with Crippen molar-refractivity contribution >= 4 is 72.8 Å². The van der Waals surface area contributed by atoms with Crippen molar-refractivity contribution in [1.82, 2.24) is 0 Å². The minimum Gasteiger partial charge on any atom is -0.273 e. The van der Waals surface area contributed by atoms with Gasteiger partial charge in [0.2, 0.25) is 0 Å². The van der Waals surface area contributed by atoms with Crippen LogP contribution in [0, 0.1) is 26.0 Å². The first kappa shape index (κ1) is 44.0. The van der Waals surface area contributed by atoms with Crippen molar-refractivity contribution in [1.29, 1.82) is 0 Å². The van der Waals surface area contributed by atoms with E-state index in [-0.39, 0.29) is 35.6 Å². The molecular formula is C49H48Cl4Zr. The predicted octanol–water partition coefficient (Wildman–Crippen LogP) is 14.8. The standard InChI is InChI=1S/C23H29.C21H12Cl2.C5H5.2ClH.Zr/c1-14-9-16-11-17-10-15(2)21(23(6,7)8)13-19(17)18(16)12-20(14)22(3,4)5;22-20-11-3-7-16-14(5-1-9-18(16)20)13-15-6-2-10-19-17(15)8-4-12-21(19)23;1-2-4-5-3-1;;;/h9,12-13H,11H2,1-8H3;1-12H;1-3H,4H2;2*1H;/q-1;;-1;;;+2. The molecule has 0 radical (unpaired) electrons. The predicted molar refractivity (Wildman–Crippen MR) is 238 cm³/mol. The van der Waals surface area contributed by atoms with E-state index in [1.807, 2.05) is 36.4 Å². The molecule has 0 aliphatic heterocycles. The van der Waals surface area contributed by atoms with Gasteiger partial charge in [0.05, 0.1) is 0 Å². The van der Waals surface area contributed by atoms with E-state index >= 15 is 0 Å². The Morgan fingerprint density at radius 2 is 1.15 bits per heavy atom. The van der Waals surface area contributed by atoms with Gasteiger partial charge in [0.1, 0.15) is 0 Å². The summed E-state index contributed by atoms with van der Waals surface area (Å²) >= 11 is 14.1. The molecule has 6 aromatic rings. The fourth-order valence-electron chi connectivity index (χ4n) is 7.49. The Kier molecular flexibility index (Phi) is 14.7. The first-order valence-electron chi connectivity index (χ1n) is 18.0. The molecule has 276 valence electrons. The van der Waals surface area contributed by atoms with Crippen molar-refractivity contribution < 1.29 is 24.2 Å². The largest absolute Gasteiger partial charge is 0.273 e. The summed E-state index contributed by atoms with van der Waals surface area (Å²) in [6, 6.07) is 35.8. The molecule has 54 heavy (non-hydrogen) atoms. The molecule has 0 N–H and O–H groups in total. The van der Waals surface area contributed by atoms with Crippen LogP contribution in [0.1, 0.15) is 92.5 Å². The summed E-state index contributed by atoms with van der Waals surface area (Å²) < 4.78 is 1.31. The van der Waals surface area contributed by atoms with E-state index in [9.17, 15) is 0 Å². The third kappa shape index (κ3) is 9.43. The van der Waals surface area contributed by atoms with Gasteiger partial charge in [-0.3, -0.25) is 6.08 Å². The second-order valence-electron chi connectivity index (χ2n) is 15.9. The summed E-state index contributed by atoms with van der Waals surface area (Å²) in [6.07, 6.45) is 11.0. The smallest absolute Gasteiger partial charge is 0.109 e. The Bertz CT molecular complexity index is 2220. The molecule has 2 aliphatic carbocycles. The fraction of sp³-hybridized carbons (Fsp3) is 0.245. The normalized spacial score (nSPS) is 12.5. The van der Waals surface area contributed by atoms with Crippen molar-refractivity contribution in [2.45, 2.75) is 79.1 Å². The Morgan fingerprint density at radius 1 is 0.648 bits per heavy atom. The zero-order valence-corrected chi connectivity index (χ0v) is 38.0. The molecule has 0 saturated heterocycles. The molecule has 2 aliphatic rings. The van der Waals surface area contributed by atoms with E-state index in [0.29, 0.717) is 0 Å². The van der Waals surface area contributed by atoms with E-state index in [0.717, 1.165) is 33.7 Å². The zero-order chi connectivity index (χ0) is 37.4. The molecular weight excluding hydrogens is 822 g/mol. The second kappa shape index (κ2) is 18.0. The zero-order valence-electron chi connectivity index (χ0n) is 32.4. The van der Waals surface area contributed by atoms with Gasteiger partial charge in [-0.15, -0.1) is 47.9 Å². The van der Waals surface area contributed by atoms with Crippen LogP contribution in [-0.4, -0.2) is 3.21 Å². The van der Waals surface area contributed by atoms with E-state index < -0.39 is 0 Å². The molecule has 0 spiro atoms. The van der Waals surface area contributed by atoms with E-state index in [1.165, 1.54) is 93.8 Å². The maximum absolute atomic E-state index is 6.38. The molecule has 0 aromatic heterocycles. The molecule has 0 unspecified atom stereocenters. The fourth-order valence-corrected chi connectivity index (χ4v) is 9.03. The first-order chi connectivity index (χ1) is 24.6. The monoisotopic (exact) mass is 866 g/mol. The van der Waals surface area contributed by atoms with Gasteiger partial charge in [-0.25, -0.2) is 12.2 Å². The van der Waals surface area contributed by atoms with Crippen LogP contribution in [0.4, 0.5) is 0 Å². The van der Waals surface area contributed by atoms with Gasteiger partial charge in [0, 0.05) is 0 Å². The molecule has 8 rings (SSSR count). The summed E-state index contributed by atoms with van der Waals surface area (Å²) in [7, 11) is 0. The Morgan fingerprint density at radius 3 is 1.61 bits per heavy atom. The molecule has 0 heterocycles. The third-order valence-electron chi connectivity index (χ3n) is 9.94. The topological polar surface area (TPSA) is 0 Å². The third-order valence-corrected chi connectivity index (χ3v) is 11.9. The molecule has 0 fully saturated rings. The van der Waals surface area contributed by atoms with E-state index in [1.54, 1.807) is 0 Å². The first-order valence-corrected chi connectivity index (χ1v) is 20.0. The van der Waals surface area contributed by atoms with Gasteiger partial charge in [-0.2, -0.15) is 23.8 Å². The number of benzene rings is 6. The average Bonchev–Trinajstić information content (AvgIpc) is 3.78. The van der Waals surface area contributed by atoms with Gasteiger partial charge in [0.25, 0.3) is 0 Å². The van der Waals surface area contributed by atoms with Crippen LogP contribution in [-0.2, 0) is 41.5 Å². The molecule has 6 aromatic carbocycles. The Balaban J connectivity index is 0.000000206. The number of allylic oxidation sites excluding steroid dienone is 4. The Labute approximate surface area is 360 Å². The van der Waals surface area contributed by atoms with Gasteiger partial charge in [0.15, 0.2) is 0 Å². The Hall–Kier alpha value is -2.77. The van der Waals surface area contributed by atoms with Crippen LogP contribution in [0.2, 0.25) is 10.0 Å². The second-order valence-corrected chi connectivity index (χ2v) is 17.9. The summed E-state index contributed by atoms with van der Waals surface area (Å²) in [4.78, 5) is 0. The number of hydrogen-bond donors (Lipinski definition) is 0. The molecule has 5 heteroatoms. The van der Waals surface area contributed by atoms with Crippen LogP contribution < -0.4 is 0 Å². The molecule has 0 atom stereocenters. The van der Waals surface area contributed by atoms with Gasteiger partial charge in [-0.05, 0) is 35.4 Å². The van der Waals surface area contributed by atoms with Crippen LogP contribution in [0.5, 0.6) is 0 Å². The molecule has 0 bridgehead atoms. The van der Waals surface area contributed by atoms with E-state index in [4.69, 9.17) is 23.2 Å². The minimum atomic E-state index is 0. The van der Waals surface area contributed by atoms with Crippen molar-refractivity contribution in [2.24, 2.45) is 0 Å². The molecule has 0 saturated carbocycles.